The van der Waals surface area contributed by atoms with Crippen molar-refractivity contribution in [2.24, 2.45) is 0 Å². The standard InChI is InChI=1S/C16H20N2O3/c1-11-7-12(8-15(20-2)16(11)19)13-9-17-18(10-13)14-3-5-21-6-4-14/h7-10,14,19H,3-6H2,1-2H3. The highest BCUT2D eigenvalue weighted by Gasteiger charge is 2.17. The van der Waals surface area contributed by atoms with E-state index in [9.17, 15) is 5.11 Å². The molecule has 5 heteroatoms. The maximum atomic E-state index is 9.92. The predicted octanol–water partition coefficient (Wildman–Crippen LogP) is 2.92. The van der Waals surface area contributed by atoms with E-state index < -0.39 is 0 Å². The first-order valence-electron chi connectivity index (χ1n) is 7.19. The molecule has 0 unspecified atom stereocenters. The second kappa shape index (κ2) is 5.77. The zero-order chi connectivity index (χ0) is 14.8. The molecule has 112 valence electrons. The minimum Gasteiger partial charge on any atom is -0.504 e. The first kappa shape index (κ1) is 13.9. The van der Waals surface area contributed by atoms with Gasteiger partial charge in [0.2, 0.25) is 0 Å². The lowest BCUT2D eigenvalue weighted by Crippen LogP contribution is -2.19. The van der Waals surface area contributed by atoms with E-state index >= 15 is 0 Å². The van der Waals surface area contributed by atoms with Gasteiger partial charge in [-0.3, -0.25) is 4.68 Å². The number of rotatable bonds is 3. The number of aryl methyl sites for hydroxylation is 1. The summed E-state index contributed by atoms with van der Waals surface area (Å²) in [4.78, 5) is 0. The van der Waals surface area contributed by atoms with Crippen LogP contribution in [0.3, 0.4) is 0 Å². The molecule has 2 aromatic rings. The Bertz CT molecular complexity index is 630. The SMILES string of the molecule is COc1cc(-c2cnn(C3CCOCC3)c2)cc(C)c1O. The molecule has 0 saturated carbocycles. The number of hydrogen-bond donors (Lipinski definition) is 1. The van der Waals surface area contributed by atoms with Crippen molar-refractivity contribution in [1.29, 1.82) is 0 Å². The molecule has 0 bridgehead atoms. The normalized spacial score (nSPS) is 16.1. The first-order chi connectivity index (χ1) is 10.2. The Balaban J connectivity index is 1.90. The van der Waals surface area contributed by atoms with Crippen molar-refractivity contribution < 1.29 is 14.6 Å². The van der Waals surface area contributed by atoms with Gasteiger partial charge in [-0.1, -0.05) is 0 Å². The van der Waals surface area contributed by atoms with E-state index in [2.05, 4.69) is 11.3 Å². The molecule has 1 aromatic carbocycles. The fourth-order valence-corrected chi connectivity index (χ4v) is 2.71. The quantitative estimate of drug-likeness (QED) is 0.943. The topological polar surface area (TPSA) is 56.5 Å². The zero-order valence-electron chi connectivity index (χ0n) is 12.4. The molecule has 1 aliphatic rings. The van der Waals surface area contributed by atoms with Gasteiger partial charge in [-0.05, 0) is 43.0 Å². The number of aromatic hydroxyl groups is 1. The van der Waals surface area contributed by atoms with Crippen LogP contribution < -0.4 is 4.74 Å². The summed E-state index contributed by atoms with van der Waals surface area (Å²) in [5.41, 5.74) is 2.83. The first-order valence-corrected chi connectivity index (χ1v) is 7.19. The molecule has 1 aliphatic heterocycles. The van der Waals surface area contributed by atoms with Gasteiger partial charge < -0.3 is 14.6 Å². The Morgan fingerprint density at radius 1 is 1.29 bits per heavy atom. The number of aromatic nitrogens is 2. The summed E-state index contributed by atoms with van der Waals surface area (Å²) >= 11 is 0. The Hall–Kier alpha value is -2.01. The third kappa shape index (κ3) is 2.74. The van der Waals surface area contributed by atoms with Crippen LogP contribution in [-0.2, 0) is 4.74 Å². The number of methoxy groups -OCH3 is 1. The number of hydrogen-bond acceptors (Lipinski definition) is 4. The van der Waals surface area contributed by atoms with Crippen molar-refractivity contribution in [3.63, 3.8) is 0 Å². The van der Waals surface area contributed by atoms with Gasteiger partial charge in [0.15, 0.2) is 11.5 Å². The van der Waals surface area contributed by atoms with E-state index in [1.165, 1.54) is 0 Å². The molecule has 0 atom stereocenters. The number of ether oxygens (including phenoxy) is 2. The van der Waals surface area contributed by atoms with Gasteiger partial charge in [0, 0.05) is 25.0 Å². The van der Waals surface area contributed by atoms with E-state index in [4.69, 9.17) is 9.47 Å². The smallest absolute Gasteiger partial charge is 0.161 e. The summed E-state index contributed by atoms with van der Waals surface area (Å²) in [6.45, 7) is 3.46. The minimum absolute atomic E-state index is 0.193. The van der Waals surface area contributed by atoms with Crippen LogP contribution in [0.5, 0.6) is 11.5 Å². The average molecular weight is 288 g/mol. The monoisotopic (exact) mass is 288 g/mol. The molecule has 0 aliphatic carbocycles. The lowest BCUT2D eigenvalue weighted by atomic mass is 10.0. The van der Waals surface area contributed by atoms with Crippen LogP contribution in [0.25, 0.3) is 11.1 Å². The highest BCUT2D eigenvalue weighted by atomic mass is 16.5. The molecule has 1 fully saturated rings. The lowest BCUT2D eigenvalue weighted by molar-refractivity contribution is 0.0662. The van der Waals surface area contributed by atoms with Gasteiger partial charge in [-0.2, -0.15) is 5.10 Å². The molecule has 1 N–H and O–H groups in total. The van der Waals surface area contributed by atoms with Gasteiger partial charge >= 0.3 is 0 Å². The van der Waals surface area contributed by atoms with Crippen molar-refractivity contribution in [3.05, 3.63) is 30.1 Å². The molecule has 0 spiro atoms. The van der Waals surface area contributed by atoms with Crippen molar-refractivity contribution in [1.82, 2.24) is 9.78 Å². The fraction of sp³-hybridized carbons (Fsp3) is 0.438. The van der Waals surface area contributed by atoms with Crippen molar-refractivity contribution in [2.45, 2.75) is 25.8 Å². The molecule has 1 aromatic heterocycles. The molecule has 2 heterocycles. The maximum Gasteiger partial charge on any atom is 0.161 e. The summed E-state index contributed by atoms with van der Waals surface area (Å²) in [5, 5.41) is 14.4. The van der Waals surface area contributed by atoms with E-state index in [0.29, 0.717) is 11.8 Å². The van der Waals surface area contributed by atoms with Crippen LogP contribution in [0.1, 0.15) is 24.4 Å². The number of phenols is 1. The number of phenolic OH excluding ortho intramolecular Hbond substituents is 1. The summed E-state index contributed by atoms with van der Waals surface area (Å²) in [6.07, 6.45) is 5.92. The summed E-state index contributed by atoms with van der Waals surface area (Å²) in [5.74, 6) is 0.682. The number of benzene rings is 1. The molecule has 0 radical (unpaired) electrons. The summed E-state index contributed by atoms with van der Waals surface area (Å²) < 4.78 is 12.6. The Labute approximate surface area is 124 Å². The molecule has 1 saturated heterocycles. The lowest BCUT2D eigenvalue weighted by Gasteiger charge is -2.22. The molecule has 21 heavy (non-hydrogen) atoms. The fourth-order valence-electron chi connectivity index (χ4n) is 2.71. The van der Waals surface area contributed by atoms with Crippen molar-refractivity contribution in [2.75, 3.05) is 20.3 Å². The van der Waals surface area contributed by atoms with Crippen LogP contribution in [0.2, 0.25) is 0 Å². The van der Waals surface area contributed by atoms with Gasteiger partial charge in [0.05, 0.1) is 19.3 Å². The summed E-state index contributed by atoms with van der Waals surface area (Å²) in [6, 6.07) is 4.20. The third-order valence-corrected chi connectivity index (χ3v) is 3.99. The predicted molar refractivity (Wildman–Crippen MR) is 79.7 cm³/mol. The van der Waals surface area contributed by atoms with E-state index in [1.54, 1.807) is 7.11 Å². The Morgan fingerprint density at radius 2 is 2.05 bits per heavy atom. The van der Waals surface area contributed by atoms with E-state index in [0.717, 1.165) is 42.7 Å². The largest absolute Gasteiger partial charge is 0.504 e. The van der Waals surface area contributed by atoms with Gasteiger partial charge in [0.1, 0.15) is 0 Å². The van der Waals surface area contributed by atoms with E-state index in [1.807, 2.05) is 29.9 Å². The van der Waals surface area contributed by atoms with Crippen LogP contribution in [-0.4, -0.2) is 35.2 Å². The van der Waals surface area contributed by atoms with E-state index in [-0.39, 0.29) is 5.75 Å². The molecule has 3 rings (SSSR count). The second-order valence-corrected chi connectivity index (χ2v) is 5.40. The zero-order valence-corrected chi connectivity index (χ0v) is 12.4. The minimum atomic E-state index is 0.193. The van der Waals surface area contributed by atoms with Crippen LogP contribution >= 0.6 is 0 Å². The van der Waals surface area contributed by atoms with Crippen LogP contribution in [0.4, 0.5) is 0 Å². The molecular weight excluding hydrogens is 268 g/mol. The maximum absolute atomic E-state index is 9.92. The van der Waals surface area contributed by atoms with Gasteiger partial charge in [-0.25, -0.2) is 0 Å². The second-order valence-electron chi connectivity index (χ2n) is 5.40. The molecule has 0 amide bonds. The van der Waals surface area contributed by atoms with Gasteiger partial charge in [-0.15, -0.1) is 0 Å². The van der Waals surface area contributed by atoms with Crippen LogP contribution in [0, 0.1) is 6.92 Å². The van der Waals surface area contributed by atoms with Gasteiger partial charge in [0.25, 0.3) is 0 Å². The number of nitrogens with zero attached hydrogens (tertiary/aromatic N) is 2. The van der Waals surface area contributed by atoms with Crippen molar-refractivity contribution >= 4 is 0 Å². The van der Waals surface area contributed by atoms with Crippen LogP contribution in [0.15, 0.2) is 24.5 Å². The third-order valence-electron chi connectivity index (χ3n) is 3.99. The van der Waals surface area contributed by atoms with Crippen molar-refractivity contribution in [3.8, 4) is 22.6 Å². The highest BCUT2D eigenvalue weighted by molar-refractivity contribution is 5.67. The average Bonchev–Trinajstić information content (AvgIpc) is 3.00. The molecular formula is C16H20N2O3. The summed E-state index contributed by atoms with van der Waals surface area (Å²) in [7, 11) is 1.56. The molecule has 5 nitrogen and oxygen atoms in total. The Kier molecular flexibility index (Phi) is 3.84. The highest BCUT2D eigenvalue weighted by Crippen LogP contribution is 2.35. The Morgan fingerprint density at radius 3 is 2.76 bits per heavy atom.